The van der Waals surface area contributed by atoms with E-state index in [1.54, 1.807) is 13.0 Å². The summed E-state index contributed by atoms with van der Waals surface area (Å²) < 4.78 is 4.83. The molecule has 0 bridgehead atoms. The minimum absolute atomic E-state index is 0.107. The van der Waals surface area contributed by atoms with Gasteiger partial charge in [0.05, 0.1) is 6.61 Å². The second kappa shape index (κ2) is 7.99. The number of carbonyl (C=O) groups excluding carboxylic acids is 1. The van der Waals surface area contributed by atoms with Crippen molar-refractivity contribution < 1.29 is 19.4 Å². The maximum absolute atomic E-state index is 11.4. The Balaban J connectivity index is 2.74. The molecule has 5 heteroatoms. The maximum Gasteiger partial charge on any atom is 0.411 e. The molecule has 108 valence electrons. The van der Waals surface area contributed by atoms with E-state index < -0.39 is 12.1 Å². The second-order valence-corrected chi connectivity index (χ2v) is 4.20. The average Bonchev–Trinajstić information content (AvgIpc) is 2.38. The molecule has 0 atom stereocenters. The molecular weight excluding hydrogens is 258 g/mol. The molecule has 0 aliphatic heterocycles. The molecule has 1 rings (SSSR count). The van der Waals surface area contributed by atoms with Crippen molar-refractivity contribution in [1.29, 1.82) is 0 Å². The van der Waals surface area contributed by atoms with Crippen molar-refractivity contribution in [3.05, 3.63) is 35.4 Å². The molecular formula is C15H19NO4. The summed E-state index contributed by atoms with van der Waals surface area (Å²) in [5.74, 6) is -0.816. The summed E-state index contributed by atoms with van der Waals surface area (Å²) in [5.41, 5.74) is 2.53. The number of hydrogen-bond acceptors (Lipinski definition) is 3. The summed E-state index contributed by atoms with van der Waals surface area (Å²) >= 11 is 0. The van der Waals surface area contributed by atoms with Crippen molar-refractivity contribution in [3.63, 3.8) is 0 Å². The van der Waals surface area contributed by atoms with Crippen LogP contribution in [0.15, 0.2) is 24.3 Å². The number of carboxylic acid groups (broad SMARTS) is 1. The predicted molar refractivity (Wildman–Crippen MR) is 77.7 cm³/mol. The van der Waals surface area contributed by atoms with Gasteiger partial charge in [-0.3, -0.25) is 10.1 Å². The first-order valence-electron chi connectivity index (χ1n) is 6.46. The van der Waals surface area contributed by atoms with Crippen molar-refractivity contribution in [2.45, 2.75) is 26.7 Å². The van der Waals surface area contributed by atoms with Crippen LogP contribution in [0.2, 0.25) is 0 Å². The molecule has 1 aromatic carbocycles. The van der Waals surface area contributed by atoms with Crippen LogP contribution in [0.3, 0.4) is 0 Å². The van der Waals surface area contributed by atoms with Crippen LogP contribution in [0.25, 0.3) is 6.08 Å². The van der Waals surface area contributed by atoms with E-state index in [9.17, 15) is 9.59 Å². The van der Waals surface area contributed by atoms with E-state index in [4.69, 9.17) is 9.84 Å². The lowest BCUT2D eigenvalue weighted by molar-refractivity contribution is -0.136. The summed E-state index contributed by atoms with van der Waals surface area (Å²) in [6.07, 6.45) is 3.77. The third-order valence-electron chi connectivity index (χ3n) is 2.71. The van der Waals surface area contributed by atoms with Gasteiger partial charge in [-0.05, 0) is 37.5 Å². The molecule has 0 unspecified atom stereocenters. The first-order valence-corrected chi connectivity index (χ1v) is 6.46. The third kappa shape index (κ3) is 5.14. The number of ether oxygens (including phenoxy) is 1. The van der Waals surface area contributed by atoms with Crippen molar-refractivity contribution >= 4 is 23.8 Å². The Kier molecular flexibility index (Phi) is 6.29. The van der Waals surface area contributed by atoms with Crippen LogP contribution in [-0.4, -0.2) is 23.8 Å². The number of anilines is 1. The Hall–Kier alpha value is -2.30. The van der Waals surface area contributed by atoms with E-state index in [2.05, 4.69) is 5.32 Å². The number of amides is 1. The molecule has 2 N–H and O–H groups in total. The highest BCUT2D eigenvalue weighted by molar-refractivity contribution is 5.86. The van der Waals surface area contributed by atoms with Gasteiger partial charge in [-0.15, -0.1) is 0 Å². The molecule has 0 radical (unpaired) electrons. The van der Waals surface area contributed by atoms with E-state index in [1.807, 2.05) is 31.2 Å². The van der Waals surface area contributed by atoms with Crippen LogP contribution >= 0.6 is 0 Å². The zero-order valence-electron chi connectivity index (χ0n) is 11.7. The van der Waals surface area contributed by atoms with Crippen molar-refractivity contribution in [1.82, 2.24) is 0 Å². The highest BCUT2D eigenvalue weighted by Crippen LogP contribution is 2.20. The second-order valence-electron chi connectivity index (χ2n) is 4.20. The molecule has 0 aromatic heterocycles. The molecule has 0 saturated heterocycles. The van der Waals surface area contributed by atoms with Gasteiger partial charge < -0.3 is 9.84 Å². The molecule has 0 spiro atoms. The zero-order chi connectivity index (χ0) is 15.0. The van der Waals surface area contributed by atoms with Crippen molar-refractivity contribution in [2.75, 3.05) is 11.9 Å². The highest BCUT2D eigenvalue weighted by atomic mass is 16.5. The lowest BCUT2D eigenvalue weighted by Gasteiger charge is -2.10. The SMILES string of the molecule is CCOC(=O)Nc1cccc(C=CCCC(=O)O)c1C. The molecule has 0 saturated carbocycles. The van der Waals surface area contributed by atoms with Gasteiger partial charge in [0, 0.05) is 12.1 Å². The Morgan fingerprint density at radius 2 is 2.15 bits per heavy atom. The minimum atomic E-state index is -0.816. The third-order valence-corrected chi connectivity index (χ3v) is 2.71. The van der Waals surface area contributed by atoms with E-state index >= 15 is 0 Å². The van der Waals surface area contributed by atoms with Crippen LogP contribution in [0.1, 0.15) is 30.9 Å². The number of allylic oxidation sites excluding steroid dienone is 1. The van der Waals surface area contributed by atoms with Crippen molar-refractivity contribution in [3.8, 4) is 0 Å². The topological polar surface area (TPSA) is 75.6 Å². The zero-order valence-corrected chi connectivity index (χ0v) is 11.7. The van der Waals surface area contributed by atoms with E-state index in [0.29, 0.717) is 18.7 Å². The highest BCUT2D eigenvalue weighted by Gasteiger charge is 2.06. The fourth-order valence-corrected chi connectivity index (χ4v) is 1.66. The van der Waals surface area contributed by atoms with Gasteiger partial charge in [-0.25, -0.2) is 4.79 Å². The Labute approximate surface area is 118 Å². The first-order chi connectivity index (χ1) is 9.54. The lowest BCUT2D eigenvalue weighted by Crippen LogP contribution is -2.14. The Morgan fingerprint density at radius 3 is 2.80 bits per heavy atom. The number of rotatable bonds is 6. The van der Waals surface area contributed by atoms with E-state index in [1.165, 1.54) is 0 Å². The van der Waals surface area contributed by atoms with Gasteiger partial charge >= 0.3 is 12.1 Å². The molecule has 20 heavy (non-hydrogen) atoms. The van der Waals surface area contributed by atoms with Gasteiger partial charge in [0.1, 0.15) is 0 Å². The van der Waals surface area contributed by atoms with Crippen LogP contribution in [-0.2, 0) is 9.53 Å². The number of carboxylic acids is 1. The Bertz CT molecular complexity index is 509. The van der Waals surface area contributed by atoms with Gasteiger partial charge in [0.15, 0.2) is 0 Å². The lowest BCUT2D eigenvalue weighted by atomic mass is 10.1. The number of aliphatic carboxylic acids is 1. The minimum Gasteiger partial charge on any atom is -0.481 e. The predicted octanol–water partition coefficient (Wildman–Crippen LogP) is 3.44. The fraction of sp³-hybridized carbons (Fsp3) is 0.333. The van der Waals surface area contributed by atoms with E-state index in [0.717, 1.165) is 11.1 Å². The number of hydrogen-bond donors (Lipinski definition) is 2. The molecule has 0 heterocycles. The summed E-state index contributed by atoms with van der Waals surface area (Å²) in [4.78, 5) is 21.8. The smallest absolute Gasteiger partial charge is 0.411 e. The quantitative estimate of drug-likeness (QED) is 0.835. The van der Waals surface area contributed by atoms with Gasteiger partial charge in [0.25, 0.3) is 0 Å². The van der Waals surface area contributed by atoms with Crippen LogP contribution in [0.5, 0.6) is 0 Å². The number of nitrogens with one attached hydrogen (secondary N) is 1. The van der Waals surface area contributed by atoms with E-state index in [-0.39, 0.29) is 6.42 Å². The summed E-state index contributed by atoms with van der Waals surface area (Å²) in [6, 6.07) is 5.52. The molecule has 1 amide bonds. The van der Waals surface area contributed by atoms with Crippen LogP contribution in [0, 0.1) is 6.92 Å². The van der Waals surface area contributed by atoms with Crippen LogP contribution < -0.4 is 5.32 Å². The summed E-state index contributed by atoms with van der Waals surface area (Å²) in [5, 5.41) is 11.2. The molecule has 0 fully saturated rings. The average molecular weight is 277 g/mol. The first kappa shape index (κ1) is 15.8. The molecule has 0 aliphatic carbocycles. The van der Waals surface area contributed by atoms with Gasteiger partial charge in [0.2, 0.25) is 0 Å². The van der Waals surface area contributed by atoms with Gasteiger partial charge in [-0.2, -0.15) is 0 Å². The van der Waals surface area contributed by atoms with Crippen LogP contribution in [0.4, 0.5) is 10.5 Å². The summed E-state index contributed by atoms with van der Waals surface area (Å²) in [6.45, 7) is 3.95. The summed E-state index contributed by atoms with van der Waals surface area (Å²) in [7, 11) is 0. The normalized spacial score (nSPS) is 10.5. The maximum atomic E-state index is 11.4. The molecule has 1 aromatic rings. The number of benzene rings is 1. The Morgan fingerprint density at radius 1 is 1.40 bits per heavy atom. The molecule has 5 nitrogen and oxygen atoms in total. The number of carbonyl (C=O) groups is 2. The fourth-order valence-electron chi connectivity index (χ4n) is 1.66. The monoisotopic (exact) mass is 277 g/mol. The molecule has 0 aliphatic rings. The largest absolute Gasteiger partial charge is 0.481 e. The van der Waals surface area contributed by atoms with Gasteiger partial charge in [-0.1, -0.05) is 24.3 Å². The standard InChI is InChI=1S/C15H19NO4/c1-3-20-15(19)16-13-9-6-8-12(11(13)2)7-4-5-10-14(17)18/h4,6-9H,3,5,10H2,1-2H3,(H,16,19)(H,17,18). The van der Waals surface area contributed by atoms with Crippen molar-refractivity contribution in [2.24, 2.45) is 0 Å².